The Morgan fingerprint density at radius 2 is 0.684 bits per heavy atom. The van der Waals surface area contributed by atoms with E-state index in [0.29, 0.717) is 72.5 Å². The summed E-state index contributed by atoms with van der Waals surface area (Å²) in [7, 11) is 0. The minimum absolute atomic E-state index is 0.116. The van der Waals surface area contributed by atoms with E-state index >= 15 is 0 Å². The smallest absolute Gasteiger partial charge is 0.338 e. The third kappa shape index (κ3) is 14.7. The molecule has 6 aromatic carbocycles. The highest BCUT2D eigenvalue weighted by Gasteiger charge is 2.49. The van der Waals surface area contributed by atoms with Gasteiger partial charge >= 0.3 is 23.9 Å². The molecule has 0 saturated carbocycles. The lowest BCUT2D eigenvalue weighted by Gasteiger charge is -2.55. The van der Waals surface area contributed by atoms with Crippen LogP contribution >= 0.6 is 0 Å². The van der Waals surface area contributed by atoms with Crippen molar-refractivity contribution in [2.45, 2.75) is 147 Å². The van der Waals surface area contributed by atoms with E-state index < -0.39 is 51.7 Å². The lowest BCUT2D eigenvalue weighted by Crippen LogP contribution is -2.64. The summed E-state index contributed by atoms with van der Waals surface area (Å²) in [5, 5.41) is 0. The van der Waals surface area contributed by atoms with Gasteiger partial charge in [0, 0.05) is 66.3 Å². The fraction of sp³-hybridized carbons (Fsp3) is 0.403. The van der Waals surface area contributed by atoms with Crippen LogP contribution in [0.4, 0.5) is 0 Å². The van der Waals surface area contributed by atoms with Gasteiger partial charge in [-0.15, -0.1) is 0 Å². The molecule has 2 saturated heterocycles. The fourth-order valence-corrected chi connectivity index (χ4v) is 11.9. The van der Waals surface area contributed by atoms with Gasteiger partial charge < -0.3 is 28.4 Å². The second-order valence-corrected chi connectivity index (χ2v) is 24.2. The van der Waals surface area contributed by atoms with Crippen LogP contribution in [0.2, 0.25) is 0 Å². The van der Waals surface area contributed by atoms with E-state index in [1.165, 1.54) is 0 Å². The summed E-state index contributed by atoms with van der Waals surface area (Å²) in [6.45, 7) is 22.5. The van der Waals surface area contributed by atoms with Crippen molar-refractivity contribution in [2.24, 2.45) is 0 Å². The number of hydrogen-bond acceptors (Lipinski definition) is 12. The molecule has 416 valence electrons. The molecule has 0 spiro atoms. The number of ether oxygens (including phenoxy) is 6. The molecule has 0 N–H and O–H groups in total. The fourth-order valence-electron chi connectivity index (χ4n) is 11.9. The van der Waals surface area contributed by atoms with Crippen molar-refractivity contribution in [3.05, 3.63) is 203 Å². The first-order chi connectivity index (χ1) is 37.5. The molecule has 12 heteroatoms. The highest BCUT2D eigenvalue weighted by Crippen LogP contribution is 2.42. The Labute approximate surface area is 467 Å². The summed E-state index contributed by atoms with van der Waals surface area (Å²) in [5.74, 6) is -0.252. The molecule has 79 heavy (non-hydrogen) atoms. The van der Waals surface area contributed by atoms with E-state index in [9.17, 15) is 19.2 Å². The highest BCUT2D eigenvalue weighted by atomic mass is 16.6. The Morgan fingerprint density at radius 1 is 0.418 bits per heavy atom. The highest BCUT2D eigenvalue weighted by molar-refractivity contribution is 5.91. The molecule has 0 aromatic heterocycles. The minimum atomic E-state index is -0.632. The molecule has 2 aliphatic rings. The molecular weight excluding hydrogens is 993 g/mol. The maximum absolute atomic E-state index is 13.6. The summed E-state index contributed by atoms with van der Waals surface area (Å²) in [5.41, 5.74) is 2.00. The SMILES string of the molecule is CC(C)(c1ccc(OCC(CN2C(C)(C)CC(OC(=O)c3ccccc3)CC2(C)C)OC(=O)c2ccccc2)cc1)c1ccc(OCC(CN2C(C)(C)CC(OC(=O)c3ccccc3)CC2(C)C)OC(=O)c2ccccc2)cc1. The van der Waals surface area contributed by atoms with Crippen molar-refractivity contribution in [2.75, 3.05) is 26.3 Å². The van der Waals surface area contributed by atoms with Crippen LogP contribution in [0.15, 0.2) is 170 Å². The molecule has 6 aromatic rings. The van der Waals surface area contributed by atoms with Crippen molar-refractivity contribution >= 4 is 23.9 Å². The van der Waals surface area contributed by atoms with Gasteiger partial charge in [-0.05, 0) is 139 Å². The first-order valence-electron chi connectivity index (χ1n) is 27.6. The number of carbonyl (C=O) groups excluding carboxylic acids is 4. The third-order valence-electron chi connectivity index (χ3n) is 15.8. The molecule has 0 amide bonds. The molecule has 8 rings (SSSR count). The average molecular weight is 1070 g/mol. The molecule has 0 bridgehead atoms. The summed E-state index contributed by atoms with van der Waals surface area (Å²) >= 11 is 0. The van der Waals surface area contributed by atoms with Crippen LogP contribution in [0.25, 0.3) is 0 Å². The van der Waals surface area contributed by atoms with E-state index in [-0.39, 0.29) is 37.4 Å². The summed E-state index contributed by atoms with van der Waals surface area (Å²) in [6, 6.07) is 52.1. The second kappa shape index (κ2) is 24.4. The van der Waals surface area contributed by atoms with Crippen LogP contribution in [-0.4, -0.2) is 107 Å². The van der Waals surface area contributed by atoms with Crippen molar-refractivity contribution < 1.29 is 47.6 Å². The van der Waals surface area contributed by atoms with Crippen molar-refractivity contribution in [1.29, 1.82) is 0 Å². The van der Waals surface area contributed by atoms with Crippen molar-refractivity contribution in [1.82, 2.24) is 9.80 Å². The van der Waals surface area contributed by atoms with Gasteiger partial charge in [-0.3, -0.25) is 9.80 Å². The zero-order valence-electron chi connectivity index (χ0n) is 47.6. The molecule has 2 atom stereocenters. The quantitative estimate of drug-likeness (QED) is 0.0533. The number of likely N-dealkylation sites (tertiary alicyclic amines) is 2. The van der Waals surface area contributed by atoms with Gasteiger partial charge in [0.05, 0.1) is 22.3 Å². The Kier molecular flexibility index (Phi) is 17.9. The molecule has 0 radical (unpaired) electrons. The van der Waals surface area contributed by atoms with Crippen LogP contribution in [0, 0.1) is 0 Å². The molecular formula is C67H78N2O10. The summed E-state index contributed by atoms with van der Waals surface area (Å²) < 4.78 is 37.6. The first-order valence-corrected chi connectivity index (χ1v) is 27.6. The Balaban J connectivity index is 0.913. The molecule has 2 heterocycles. The van der Waals surface area contributed by atoms with Gasteiger partial charge in [0.1, 0.15) is 49.1 Å². The molecule has 0 aliphatic carbocycles. The molecule has 2 fully saturated rings. The van der Waals surface area contributed by atoms with Gasteiger partial charge in [0.2, 0.25) is 0 Å². The van der Waals surface area contributed by atoms with Gasteiger partial charge in [0.25, 0.3) is 0 Å². The van der Waals surface area contributed by atoms with Crippen LogP contribution in [0.3, 0.4) is 0 Å². The second-order valence-electron chi connectivity index (χ2n) is 24.2. The minimum Gasteiger partial charge on any atom is -0.490 e. The number of benzene rings is 6. The van der Waals surface area contributed by atoms with E-state index in [1.54, 1.807) is 48.5 Å². The number of piperidine rings is 2. The molecule has 2 unspecified atom stereocenters. The monoisotopic (exact) mass is 1070 g/mol. The zero-order chi connectivity index (χ0) is 56.6. The average Bonchev–Trinajstić information content (AvgIpc) is 3.53. The number of nitrogens with zero attached hydrogens (tertiary/aromatic N) is 2. The lowest BCUT2D eigenvalue weighted by molar-refractivity contribution is -0.106. The lowest BCUT2D eigenvalue weighted by atomic mass is 9.77. The topological polar surface area (TPSA) is 130 Å². The van der Waals surface area contributed by atoms with E-state index in [0.717, 1.165) is 11.1 Å². The first kappa shape index (κ1) is 57.9. The Morgan fingerprint density at radius 3 is 0.962 bits per heavy atom. The third-order valence-corrected chi connectivity index (χ3v) is 15.8. The van der Waals surface area contributed by atoms with Crippen LogP contribution in [0.5, 0.6) is 11.5 Å². The van der Waals surface area contributed by atoms with Crippen LogP contribution in [-0.2, 0) is 24.4 Å². The molecule has 2 aliphatic heterocycles. The van der Waals surface area contributed by atoms with Crippen molar-refractivity contribution in [3.63, 3.8) is 0 Å². The molecule has 12 nitrogen and oxygen atoms in total. The standard InChI is InChI=1S/C67H78N2O10/c1-63(2)39-55(76-59(70)47-23-15-11-16-24-47)40-64(3,4)68(63)43-57(78-61(72)49-27-19-13-20-28-49)45-74-53-35-31-51(32-36-53)67(9,10)52-33-37-54(38-34-52)75-46-58(79-62(73)50-29-21-14-22-30-50)44-69-65(5,6)41-56(42-66(69,7)8)77-60(71)48-25-17-12-18-26-48/h11-38,55-58H,39-46H2,1-10H3. The van der Waals surface area contributed by atoms with Crippen molar-refractivity contribution in [3.8, 4) is 11.5 Å². The summed E-state index contributed by atoms with van der Waals surface area (Å²) in [6.07, 6.45) is 0.552. The largest absolute Gasteiger partial charge is 0.490 e. The van der Waals surface area contributed by atoms with Gasteiger partial charge in [-0.1, -0.05) is 111 Å². The van der Waals surface area contributed by atoms with E-state index in [1.807, 2.05) is 97.1 Å². The normalized spacial score (nSPS) is 18.1. The maximum atomic E-state index is 13.6. The number of rotatable bonds is 20. The Bertz CT molecular complexity index is 2740. The van der Waals surface area contributed by atoms with Crippen LogP contribution in [0.1, 0.15) is 147 Å². The number of hydrogen-bond donors (Lipinski definition) is 0. The zero-order valence-corrected chi connectivity index (χ0v) is 47.6. The predicted octanol–water partition coefficient (Wildman–Crippen LogP) is 13.0. The number of esters is 4. The Hall–Kier alpha value is -7.28. The van der Waals surface area contributed by atoms with Gasteiger partial charge in [-0.2, -0.15) is 0 Å². The van der Waals surface area contributed by atoms with Crippen LogP contribution < -0.4 is 9.47 Å². The van der Waals surface area contributed by atoms with Gasteiger partial charge in [0.15, 0.2) is 0 Å². The summed E-state index contributed by atoms with van der Waals surface area (Å²) in [4.78, 5) is 58.1. The van der Waals surface area contributed by atoms with E-state index in [4.69, 9.17) is 28.4 Å². The number of carbonyl (C=O) groups is 4. The van der Waals surface area contributed by atoms with E-state index in [2.05, 4.69) is 103 Å². The maximum Gasteiger partial charge on any atom is 0.338 e. The predicted molar refractivity (Wildman–Crippen MR) is 307 cm³/mol. The van der Waals surface area contributed by atoms with Gasteiger partial charge in [-0.25, -0.2) is 19.2 Å².